The standard InChI is InChI=1S/C24H24N4O3/c1-31-14-13-28-22(26-19-6-3-2-5-18(19)24(28)30)21-7-4-12-27(21)23(29)17-9-8-16-10-11-25-20(16)15-17/h2-3,5-6,8-11,15,21,25H,4,7,12-14H2,1H3. The van der Waals surface area contributed by atoms with Crippen LogP contribution in [0.3, 0.4) is 0 Å². The van der Waals surface area contributed by atoms with Crippen molar-refractivity contribution in [2.75, 3.05) is 20.3 Å². The second-order valence-corrected chi connectivity index (χ2v) is 7.87. The molecule has 0 spiro atoms. The van der Waals surface area contributed by atoms with Crippen LogP contribution in [-0.2, 0) is 11.3 Å². The SMILES string of the molecule is COCCn1c(C2CCCN2C(=O)c2ccc3cc[nH]c3c2)nc2ccccc2c1=O. The Bertz CT molecular complexity index is 1320. The molecule has 0 aliphatic carbocycles. The van der Waals surface area contributed by atoms with Crippen LogP contribution in [0.25, 0.3) is 21.8 Å². The molecule has 1 aliphatic heterocycles. The second-order valence-electron chi connectivity index (χ2n) is 7.87. The number of hydrogen-bond acceptors (Lipinski definition) is 4. The Morgan fingerprint density at radius 1 is 1.23 bits per heavy atom. The fourth-order valence-electron chi connectivity index (χ4n) is 4.46. The minimum Gasteiger partial charge on any atom is -0.383 e. The van der Waals surface area contributed by atoms with Gasteiger partial charge >= 0.3 is 0 Å². The maximum atomic E-state index is 13.4. The molecule has 158 valence electrons. The number of carbonyl (C=O) groups excluding carboxylic acids is 1. The van der Waals surface area contributed by atoms with Crippen molar-refractivity contribution in [1.82, 2.24) is 19.4 Å². The molecule has 2 aromatic heterocycles. The fourth-order valence-corrected chi connectivity index (χ4v) is 4.46. The Labute approximate surface area is 179 Å². The molecule has 1 N–H and O–H groups in total. The predicted molar refractivity (Wildman–Crippen MR) is 119 cm³/mol. The highest BCUT2D eigenvalue weighted by molar-refractivity contribution is 5.98. The summed E-state index contributed by atoms with van der Waals surface area (Å²) in [6, 6.07) is 14.8. The van der Waals surface area contributed by atoms with Crippen LogP contribution in [0.1, 0.15) is 35.1 Å². The summed E-state index contributed by atoms with van der Waals surface area (Å²) in [5.41, 5.74) is 2.13. The molecule has 0 radical (unpaired) electrons. The van der Waals surface area contributed by atoms with Gasteiger partial charge in [0.1, 0.15) is 5.82 Å². The average molecular weight is 416 g/mol. The largest absolute Gasteiger partial charge is 0.383 e. The number of aromatic amines is 1. The number of benzene rings is 2. The zero-order chi connectivity index (χ0) is 21.4. The van der Waals surface area contributed by atoms with Gasteiger partial charge in [0, 0.05) is 30.9 Å². The molecule has 31 heavy (non-hydrogen) atoms. The van der Waals surface area contributed by atoms with E-state index in [2.05, 4.69) is 4.98 Å². The molecule has 1 amide bonds. The van der Waals surface area contributed by atoms with Gasteiger partial charge in [0.15, 0.2) is 0 Å². The molecule has 4 aromatic rings. The topological polar surface area (TPSA) is 80.2 Å². The van der Waals surface area contributed by atoms with Crippen LogP contribution < -0.4 is 5.56 Å². The number of hydrogen-bond donors (Lipinski definition) is 1. The number of nitrogens with one attached hydrogen (secondary N) is 1. The number of rotatable bonds is 5. The molecule has 1 fully saturated rings. The summed E-state index contributed by atoms with van der Waals surface area (Å²) in [6.07, 6.45) is 3.51. The van der Waals surface area contributed by atoms with Gasteiger partial charge in [0.2, 0.25) is 0 Å². The Morgan fingerprint density at radius 2 is 2.10 bits per heavy atom. The van der Waals surface area contributed by atoms with E-state index in [9.17, 15) is 9.59 Å². The number of H-pyrrole nitrogens is 1. The number of carbonyl (C=O) groups is 1. The summed E-state index contributed by atoms with van der Waals surface area (Å²) < 4.78 is 6.91. The van der Waals surface area contributed by atoms with Gasteiger partial charge in [0.05, 0.1) is 30.1 Å². The molecule has 1 aliphatic rings. The summed E-state index contributed by atoms with van der Waals surface area (Å²) in [5.74, 6) is 0.590. The first-order valence-electron chi connectivity index (χ1n) is 10.5. The lowest BCUT2D eigenvalue weighted by Crippen LogP contribution is -2.36. The van der Waals surface area contributed by atoms with Gasteiger partial charge in [-0.25, -0.2) is 4.98 Å². The van der Waals surface area contributed by atoms with Gasteiger partial charge in [0.25, 0.3) is 11.5 Å². The summed E-state index contributed by atoms with van der Waals surface area (Å²) >= 11 is 0. The van der Waals surface area contributed by atoms with Gasteiger partial charge < -0.3 is 14.6 Å². The molecule has 0 bridgehead atoms. The van der Waals surface area contributed by atoms with Crippen molar-refractivity contribution < 1.29 is 9.53 Å². The minimum absolute atomic E-state index is 0.0419. The fraction of sp³-hybridized carbons (Fsp3) is 0.292. The molecule has 7 nitrogen and oxygen atoms in total. The quantitative estimate of drug-likeness (QED) is 0.540. The van der Waals surface area contributed by atoms with Crippen LogP contribution in [-0.4, -0.2) is 45.6 Å². The third-order valence-corrected chi connectivity index (χ3v) is 6.02. The van der Waals surface area contributed by atoms with Crippen molar-refractivity contribution in [3.8, 4) is 0 Å². The lowest BCUT2D eigenvalue weighted by atomic mass is 10.1. The van der Waals surface area contributed by atoms with Crippen LogP contribution in [0.5, 0.6) is 0 Å². The molecule has 0 saturated carbocycles. The number of para-hydroxylation sites is 1. The maximum absolute atomic E-state index is 13.4. The van der Waals surface area contributed by atoms with E-state index in [1.165, 1.54) is 0 Å². The molecule has 2 aromatic carbocycles. The number of methoxy groups -OCH3 is 1. The van der Waals surface area contributed by atoms with E-state index in [0.717, 1.165) is 23.7 Å². The number of nitrogens with zero attached hydrogens (tertiary/aromatic N) is 3. The van der Waals surface area contributed by atoms with Gasteiger partial charge in [-0.05, 0) is 48.6 Å². The maximum Gasteiger partial charge on any atom is 0.261 e. The number of aromatic nitrogens is 3. The lowest BCUT2D eigenvalue weighted by molar-refractivity contribution is 0.0725. The zero-order valence-corrected chi connectivity index (χ0v) is 17.4. The van der Waals surface area contributed by atoms with Gasteiger partial charge in [-0.1, -0.05) is 18.2 Å². The van der Waals surface area contributed by atoms with Gasteiger partial charge in [-0.3, -0.25) is 14.2 Å². The van der Waals surface area contributed by atoms with E-state index in [-0.39, 0.29) is 17.5 Å². The Hall–Kier alpha value is -3.45. The van der Waals surface area contributed by atoms with E-state index in [0.29, 0.717) is 42.0 Å². The first-order valence-corrected chi connectivity index (χ1v) is 10.5. The monoisotopic (exact) mass is 416 g/mol. The Kier molecular flexibility index (Phi) is 5.03. The zero-order valence-electron chi connectivity index (χ0n) is 17.4. The van der Waals surface area contributed by atoms with Crippen molar-refractivity contribution in [2.45, 2.75) is 25.4 Å². The van der Waals surface area contributed by atoms with Crippen LogP contribution in [0.15, 0.2) is 59.5 Å². The van der Waals surface area contributed by atoms with Crippen molar-refractivity contribution in [3.63, 3.8) is 0 Å². The highest BCUT2D eigenvalue weighted by Crippen LogP contribution is 2.33. The number of fused-ring (bicyclic) bond motifs is 2. The first kappa shape index (κ1) is 19.5. The molecule has 7 heteroatoms. The predicted octanol–water partition coefficient (Wildman–Crippen LogP) is 3.50. The highest BCUT2D eigenvalue weighted by atomic mass is 16.5. The van der Waals surface area contributed by atoms with Crippen molar-refractivity contribution in [2.24, 2.45) is 0 Å². The minimum atomic E-state index is -0.249. The molecule has 5 rings (SSSR count). The molecule has 1 atom stereocenters. The van der Waals surface area contributed by atoms with E-state index in [1.807, 2.05) is 53.6 Å². The Balaban J connectivity index is 1.57. The third-order valence-electron chi connectivity index (χ3n) is 6.02. The number of likely N-dealkylation sites (tertiary alicyclic amines) is 1. The van der Waals surface area contributed by atoms with Crippen molar-refractivity contribution in [3.05, 3.63) is 76.5 Å². The normalized spacial score (nSPS) is 16.4. The average Bonchev–Trinajstić information content (AvgIpc) is 3.47. The molecule has 3 heterocycles. The van der Waals surface area contributed by atoms with E-state index < -0.39 is 0 Å². The van der Waals surface area contributed by atoms with Crippen LogP contribution in [0.2, 0.25) is 0 Å². The number of ether oxygens (including phenoxy) is 1. The Morgan fingerprint density at radius 3 is 2.97 bits per heavy atom. The number of amides is 1. The van der Waals surface area contributed by atoms with Gasteiger partial charge in [-0.2, -0.15) is 0 Å². The second kappa shape index (κ2) is 8.00. The van der Waals surface area contributed by atoms with E-state index >= 15 is 0 Å². The third kappa shape index (κ3) is 3.41. The van der Waals surface area contributed by atoms with Crippen LogP contribution in [0.4, 0.5) is 0 Å². The van der Waals surface area contributed by atoms with E-state index in [4.69, 9.17) is 9.72 Å². The molecule has 1 unspecified atom stereocenters. The summed E-state index contributed by atoms with van der Waals surface area (Å²) in [5, 5.41) is 1.65. The van der Waals surface area contributed by atoms with Crippen molar-refractivity contribution >= 4 is 27.7 Å². The lowest BCUT2D eigenvalue weighted by Gasteiger charge is -2.27. The summed E-state index contributed by atoms with van der Waals surface area (Å²) in [4.78, 5) is 36.5. The van der Waals surface area contributed by atoms with Crippen LogP contribution >= 0.6 is 0 Å². The van der Waals surface area contributed by atoms with E-state index in [1.54, 1.807) is 17.7 Å². The summed E-state index contributed by atoms with van der Waals surface area (Å²) in [7, 11) is 1.61. The van der Waals surface area contributed by atoms with Crippen LogP contribution in [0, 0.1) is 0 Å². The van der Waals surface area contributed by atoms with Gasteiger partial charge in [-0.15, -0.1) is 0 Å². The molecular weight excluding hydrogens is 392 g/mol. The molecule has 1 saturated heterocycles. The highest BCUT2D eigenvalue weighted by Gasteiger charge is 2.34. The smallest absolute Gasteiger partial charge is 0.261 e. The molecular formula is C24H24N4O3. The first-order chi connectivity index (χ1) is 15.2. The summed E-state index contributed by atoms with van der Waals surface area (Å²) in [6.45, 7) is 1.44. The van der Waals surface area contributed by atoms with Crippen molar-refractivity contribution in [1.29, 1.82) is 0 Å².